The molecule has 0 saturated heterocycles. The van der Waals surface area contributed by atoms with Crippen molar-refractivity contribution in [2.45, 2.75) is 62.8 Å². The maximum Gasteiger partial charge on any atom is 0.192 e. The highest BCUT2D eigenvalue weighted by atomic mass is 16.5. The molecule has 22 heavy (non-hydrogen) atoms. The molecule has 0 aliphatic heterocycles. The van der Waals surface area contributed by atoms with E-state index in [1.54, 1.807) is 6.20 Å². The normalized spacial score (nSPS) is 9.64. The molecule has 0 spiro atoms. The van der Waals surface area contributed by atoms with Crippen molar-refractivity contribution in [3.8, 4) is 0 Å². The van der Waals surface area contributed by atoms with E-state index in [4.69, 9.17) is 0 Å². The van der Waals surface area contributed by atoms with Crippen LogP contribution >= 0.6 is 0 Å². The Morgan fingerprint density at radius 3 is 1.77 bits per heavy atom. The van der Waals surface area contributed by atoms with E-state index < -0.39 is 0 Å². The van der Waals surface area contributed by atoms with Crippen LogP contribution < -0.4 is 4.73 Å². The molecule has 0 aliphatic carbocycles. The van der Waals surface area contributed by atoms with Gasteiger partial charge in [-0.15, -0.1) is 0 Å². The first-order valence-corrected chi connectivity index (χ1v) is 7.22. The van der Waals surface area contributed by atoms with Gasteiger partial charge in [0.15, 0.2) is 11.9 Å². The zero-order valence-corrected chi connectivity index (χ0v) is 14.5. The van der Waals surface area contributed by atoms with Gasteiger partial charge in [0.1, 0.15) is 0 Å². The summed E-state index contributed by atoms with van der Waals surface area (Å²) < 4.78 is 0.928. The quantitative estimate of drug-likeness (QED) is 0.531. The summed E-state index contributed by atoms with van der Waals surface area (Å²) in [6.07, 6.45) is 3.55. The lowest BCUT2D eigenvalue weighted by Crippen LogP contribution is -2.31. The Morgan fingerprint density at radius 2 is 1.27 bits per heavy atom. The van der Waals surface area contributed by atoms with E-state index >= 15 is 0 Å². The van der Waals surface area contributed by atoms with E-state index in [9.17, 15) is 5.21 Å². The molecular formula is C19H30N2O. The van der Waals surface area contributed by atoms with Crippen molar-refractivity contribution in [1.82, 2.24) is 4.98 Å². The van der Waals surface area contributed by atoms with E-state index in [1.807, 2.05) is 40.8 Å². The summed E-state index contributed by atoms with van der Waals surface area (Å²) >= 11 is 0. The summed E-state index contributed by atoms with van der Waals surface area (Å²) in [4.78, 5) is 4.24. The summed E-state index contributed by atoms with van der Waals surface area (Å²) in [6.45, 7) is 16.2. The molecule has 0 amide bonds. The third-order valence-electron chi connectivity index (χ3n) is 4.49. The highest BCUT2D eigenvalue weighted by Gasteiger charge is 2.08. The van der Waals surface area contributed by atoms with Crippen LogP contribution in [-0.4, -0.2) is 4.98 Å². The Labute approximate surface area is 135 Å². The van der Waals surface area contributed by atoms with E-state index in [2.05, 4.69) is 25.8 Å². The average molecular weight is 302 g/mol. The lowest BCUT2D eigenvalue weighted by molar-refractivity contribution is -0.613. The molecule has 0 fully saturated rings. The van der Waals surface area contributed by atoms with E-state index in [-0.39, 0.29) is 7.43 Å². The molecule has 2 heterocycles. The highest BCUT2D eigenvalue weighted by molar-refractivity contribution is 5.32. The van der Waals surface area contributed by atoms with Gasteiger partial charge < -0.3 is 5.21 Å². The molecular weight excluding hydrogens is 272 g/mol. The van der Waals surface area contributed by atoms with Crippen LogP contribution in [0.4, 0.5) is 0 Å². The van der Waals surface area contributed by atoms with Crippen molar-refractivity contribution in [3.05, 3.63) is 62.4 Å². The Bertz CT molecular complexity index is 608. The van der Waals surface area contributed by atoms with Gasteiger partial charge in [-0.2, -0.15) is 4.73 Å². The second-order valence-corrected chi connectivity index (χ2v) is 5.75. The highest BCUT2D eigenvalue weighted by Crippen LogP contribution is 2.13. The van der Waals surface area contributed by atoms with Crippen LogP contribution in [0.25, 0.3) is 0 Å². The van der Waals surface area contributed by atoms with Gasteiger partial charge in [0.25, 0.3) is 0 Å². The van der Waals surface area contributed by atoms with E-state index in [0.717, 1.165) is 27.2 Å². The minimum Gasteiger partial charge on any atom is -0.618 e. The van der Waals surface area contributed by atoms with Crippen molar-refractivity contribution in [2.75, 3.05) is 0 Å². The van der Waals surface area contributed by atoms with Gasteiger partial charge in [-0.25, -0.2) is 0 Å². The molecule has 3 nitrogen and oxygen atoms in total. The Hall–Kier alpha value is -1.90. The number of hydrogen-bond donors (Lipinski definition) is 0. The predicted octanol–water partition coefficient (Wildman–Crippen LogP) is 4.51. The number of aryl methyl sites for hydroxylation is 3. The average Bonchev–Trinajstić information content (AvgIpc) is 2.45. The standard InChI is InChI=1S/C9H13NO.C9H13N.CH4/c1-6-5-10(11)9(4)8(3)7(6)2;1-6-5-10-9(4)8(3)7(6)2;/h5H,1-4H3;5H,1-4H3;1H4. The number of pyridine rings is 2. The molecule has 2 rings (SSSR count). The van der Waals surface area contributed by atoms with Crippen LogP contribution in [0.5, 0.6) is 0 Å². The molecule has 2 aromatic rings. The van der Waals surface area contributed by atoms with Crippen LogP contribution in [0.1, 0.15) is 52.2 Å². The molecule has 3 heteroatoms. The van der Waals surface area contributed by atoms with Crippen LogP contribution in [0, 0.1) is 60.6 Å². The zero-order valence-electron chi connectivity index (χ0n) is 14.5. The SMILES string of the molecule is C.Cc1c[n+]([O-])c(C)c(C)c1C.Cc1cnc(C)c(C)c1C. The minimum absolute atomic E-state index is 0. The summed E-state index contributed by atoms with van der Waals surface area (Å²) in [5, 5.41) is 11.1. The summed E-state index contributed by atoms with van der Waals surface area (Å²) in [6, 6.07) is 0. The van der Waals surface area contributed by atoms with Crippen molar-refractivity contribution in [2.24, 2.45) is 0 Å². The third kappa shape index (κ3) is 4.30. The maximum atomic E-state index is 11.1. The third-order valence-corrected chi connectivity index (χ3v) is 4.49. The second kappa shape index (κ2) is 7.92. The van der Waals surface area contributed by atoms with Crippen molar-refractivity contribution < 1.29 is 4.73 Å². The minimum atomic E-state index is 0. The number of rotatable bonds is 0. The van der Waals surface area contributed by atoms with Crippen LogP contribution in [0.15, 0.2) is 12.4 Å². The van der Waals surface area contributed by atoms with Gasteiger partial charge >= 0.3 is 0 Å². The number of hydrogen-bond acceptors (Lipinski definition) is 2. The van der Waals surface area contributed by atoms with Gasteiger partial charge in [-0.05, 0) is 70.7 Å². The van der Waals surface area contributed by atoms with Crippen molar-refractivity contribution in [3.63, 3.8) is 0 Å². The number of nitrogens with zero attached hydrogens (tertiary/aromatic N) is 2. The van der Waals surface area contributed by atoms with Crippen LogP contribution in [0.2, 0.25) is 0 Å². The van der Waals surface area contributed by atoms with Gasteiger partial charge in [0.2, 0.25) is 0 Å². The summed E-state index contributed by atoms with van der Waals surface area (Å²) in [5.41, 5.74) is 9.28. The molecule has 0 N–H and O–H groups in total. The molecule has 0 radical (unpaired) electrons. The first-order valence-electron chi connectivity index (χ1n) is 7.22. The van der Waals surface area contributed by atoms with Crippen LogP contribution in [0.3, 0.4) is 0 Å². The first-order chi connectivity index (χ1) is 9.66. The number of aromatic nitrogens is 2. The Balaban J connectivity index is 0.000000385. The van der Waals surface area contributed by atoms with Crippen molar-refractivity contribution >= 4 is 0 Å². The lowest BCUT2D eigenvalue weighted by Gasteiger charge is -2.07. The molecule has 122 valence electrons. The smallest absolute Gasteiger partial charge is 0.192 e. The van der Waals surface area contributed by atoms with Gasteiger partial charge in [-0.3, -0.25) is 4.98 Å². The monoisotopic (exact) mass is 302 g/mol. The summed E-state index contributed by atoms with van der Waals surface area (Å²) in [7, 11) is 0. The van der Waals surface area contributed by atoms with Crippen LogP contribution in [-0.2, 0) is 0 Å². The lowest BCUT2D eigenvalue weighted by atomic mass is 10.1. The predicted molar refractivity (Wildman–Crippen MR) is 94.3 cm³/mol. The fourth-order valence-electron chi connectivity index (χ4n) is 2.06. The zero-order chi connectivity index (χ0) is 16.3. The van der Waals surface area contributed by atoms with E-state index in [1.165, 1.54) is 22.3 Å². The summed E-state index contributed by atoms with van der Waals surface area (Å²) in [5.74, 6) is 0. The Morgan fingerprint density at radius 1 is 0.773 bits per heavy atom. The largest absolute Gasteiger partial charge is 0.618 e. The van der Waals surface area contributed by atoms with Gasteiger partial charge in [-0.1, -0.05) is 7.43 Å². The fraction of sp³-hybridized carbons (Fsp3) is 0.474. The topological polar surface area (TPSA) is 39.8 Å². The van der Waals surface area contributed by atoms with Gasteiger partial charge in [0.05, 0.1) is 0 Å². The van der Waals surface area contributed by atoms with E-state index in [0.29, 0.717) is 0 Å². The molecule has 0 bridgehead atoms. The first kappa shape index (κ1) is 20.1. The second-order valence-electron chi connectivity index (χ2n) is 5.75. The molecule has 0 aliphatic rings. The molecule has 0 atom stereocenters. The molecule has 0 saturated carbocycles. The molecule has 2 aromatic heterocycles. The fourth-order valence-corrected chi connectivity index (χ4v) is 2.06. The molecule has 0 aromatic carbocycles. The van der Waals surface area contributed by atoms with Crippen molar-refractivity contribution in [1.29, 1.82) is 0 Å². The maximum absolute atomic E-state index is 11.1. The molecule has 0 unspecified atom stereocenters. The Kier molecular flexibility index (Phi) is 7.24. The van der Waals surface area contributed by atoms with Gasteiger partial charge in [0, 0.05) is 29.9 Å².